The molecule has 0 saturated carbocycles. The second-order valence-corrected chi connectivity index (χ2v) is 4.14. The van der Waals surface area contributed by atoms with Crippen LogP contribution in [0, 0.1) is 0 Å². The smallest absolute Gasteiger partial charge is 0.138 e. The molecule has 1 unspecified atom stereocenters. The van der Waals surface area contributed by atoms with E-state index in [1.165, 1.54) is 6.33 Å². The Morgan fingerprint density at radius 3 is 2.88 bits per heavy atom. The Hall–Kier alpha value is -1.39. The van der Waals surface area contributed by atoms with Gasteiger partial charge in [-0.25, -0.2) is 4.98 Å². The highest BCUT2D eigenvalue weighted by atomic mass is 35.5. The first-order chi connectivity index (χ1) is 8.22. The number of aliphatic hydroxyl groups excluding tert-OH is 1. The quantitative estimate of drug-likeness (QED) is 0.907. The number of aromatic nitrogens is 3. The Bertz CT molecular complexity index is 498. The van der Waals surface area contributed by atoms with Gasteiger partial charge >= 0.3 is 0 Å². The number of benzene rings is 1. The topological polar surface area (TPSA) is 50.9 Å². The molecule has 0 saturated heterocycles. The molecule has 1 aromatic heterocycles. The molecule has 5 heteroatoms. The largest absolute Gasteiger partial charge is 0.388 e. The monoisotopic (exact) mass is 251 g/mol. The maximum absolute atomic E-state index is 10.1. The number of aryl methyl sites for hydroxylation is 1. The minimum atomic E-state index is -0.654. The Morgan fingerprint density at radius 1 is 1.41 bits per heavy atom. The van der Waals surface area contributed by atoms with E-state index in [1.54, 1.807) is 10.7 Å². The molecule has 0 fully saturated rings. The van der Waals surface area contributed by atoms with Crippen LogP contribution in [0.15, 0.2) is 30.6 Å². The van der Waals surface area contributed by atoms with E-state index in [4.69, 9.17) is 11.6 Å². The predicted octanol–water partition coefficient (Wildman–Crippen LogP) is 2.23. The lowest BCUT2D eigenvalue weighted by Gasteiger charge is -2.12. The molecule has 0 amide bonds. The van der Waals surface area contributed by atoms with Crippen LogP contribution in [0.1, 0.15) is 24.4 Å². The summed E-state index contributed by atoms with van der Waals surface area (Å²) in [4.78, 5) is 4.13. The number of halogens is 1. The van der Waals surface area contributed by atoms with Gasteiger partial charge in [-0.15, -0.1) is 0 Å². The van der Waals surface area contributed by atoms with Crippen molar-refractivity contribution in [3.63, 3.8) is 0 Å². The summed E-state index contributed by atoms with van der Waals surface area (Å²) in [6, 6.07) is 7.28. The highest BCUT2D eigenvalue weighted by Gasteiger charge is 2.14. The summed E-state index contributed by atoms with van der Waals surface area (Å²) in [5.41, 5.74) is 0.722. The van der Waals surface area contributed by atoms with Gasteiger partial charge in [0.2, 0.25) is 0 Å². The number of rotatable bonds is 4. The zero-order valence-electron chi connectivity index (χ0n) is 9.55. The van der Waals surface area contributed by atoms with Crippen LogP contribution in [0.4, 0.5) is 0 Å². The Morgan fingerprint density at radius 2 is 2.18 bits per heavy atom. The molecular formula is C12H14ClN3O. The molecule has 0 radical (unpaired) electrons. The highest BCUT2D eigenvalue weighted by Crippen LogP contribution is 2.24. The fourth-order valence-electron chi connectivity index (χ4n) is 1.74. The number of hydrogen-bond donors (Lipinski definition) is 1. The average Bonchev–Trinajstić information content (AvgIpc) is 2.76. The van der Waals surface area contributed by atoms with Crippen molar-refractivity contribution in [2.75, 3.05) is 0 Å². The molecule has 0 aliphatic heterocycles. The predicted molar refractivity (Wildman–Crippen MR) is 65.8 cm³/mol. The zero-order chi connectivity index (χ0) is 12.3. The lowest BCUT2D eigenvalue weighted by molar-refractivity contribution is 0.174. The van der Waals surface area contributed by atoms with Crippen molar-refractivity contribution in [1.82, 2.24) is 14.8 Å². The highest BCUT2D eigenvalue weighted by molar-refractivity contribution is 6.31. The van der Waals surface area contributed by atoms with Crippen molar-refractivity contribution in [3.8, 4) is 0 Å². The van der Waals surface area contributed by atoms with E-state index in [0.29, 0.717) is 11.4 Å². The van der Waals surface area contributed by atoms with Gasteiger partial charge in [-0.2, -0.15) is 5.10 Å². The fourth-order valence-corrected chi connectivity index (χ4v) is 2.00. The summed E-state index contributed by atoms with van der Waals surface area (Å²) in [6.45, 7) is 2.73. The van der Waals surface area contributed by atoms with Gasteiger partial charge in [0.15, 0.2) is 0 Å². The van der Waals surface area contributed by atoms with Crippen molar-refractivity contribution in [1.29, 1.82) is 0 Å². The van der Waals surface area contributed by atoms with Crippen molar-refractivity contribution in [3.05, 3.63) is 47.0 Å². The van der Waals surface area contributed by atoms with Crippen LogP contribution in [0.25, 0.3) is 0 Å². The van der Waals surface area contributed by atoms with Crippen LogP contribution >= 0.6 is 11.6 Å². The molecule has 1 atom stereocenters. The first-order valence-corrected chi connectivity index (χ1v) is 5.89. The molecule has 0 aliphatic carbocycles. The molecule has 0 bridgehead atoms. The van der Waals surface area contributed by atoms with E-state index in [0.717, 1.165) is 17.9 Å². The van der Waals surface area contributed by atoms with Gasteiger partial charge in [0, 0.05) is 18.0 Å². The van der Waals surface area contributed by atoms with Crippen molar-refractivity contribution < 1.29 is 5.11 Å². The summed E-state index contributed by atoms with van der Waals surface area (Å²) in [6.07, 6.45) is 1.26. The number of aliphatic hydroxyl groups is 1. The van der Waals surface area contributed by atoms with Gasteiger partial charge in [0.1, 0.15) is 12.2 Å². The average molecular weight is 252 g/mol. The van der Waals surface area contributed by atoms with Gasteiger partial charge in [0.25, 0.3) is 0 Å². The molecule has 0 spiro atoms. The fraction of sp³-hybridized carbons (Fsp3) is 0.333. The molecular weight excluding hydrogens is 238 g/mol. The van der Waals surface area contributed by atoms with Crippen LogP contribution in [0.2, 0.25) is 5.02 Å². The zero-order valence-corrected chi connectivity index (χ0v) is 10.3. The summed E-state index contributed by atoms with van der Waals surface area (Å²) in [7, 11) is 0. The van der Waals surface area contributed by atoms with E-state index in [1.807, 2.05) is 25.1 Å². The minimum Gasteiger partial charge on any atom is -0.388 e. The Labute approximate surface area is 105 Å². The number of nitrogens with zero attached hydrogens (tertiary/aromatic N) is 3. The maximum Gasteiger partial charge on any atom is 0.138 e. The summed E-state index contributed by atoms with van der Waals surface area (Å²) >= 11 is 6.03. The van der Waals surface area contributed by atoms with Gasteiger partial charge in [0.05, 0.1) is 6.10 Å². The van der Waals surface area contributed by atoms with E-state index in [-0.39, 0.29) is 0 Å². The molecule has 17 heavy (non-hydrogen) atoms. The van der Waals surface area contributed by atoms with Crippen LogP contribution in [-0.2, 0) is 13.0 Å². The van der Waals surface area contributed by atoms with E-state index in [2.05, 4.69) is 10.1 Å². The molecule has 0 aliphatic rings. The second kappa shape index (κ2) is 5.29. The van der Waals surface area contributed by atoms with Crippen LogP contribution in [0.3, 0.4) is 0 Å². The first kappa shape index (κ1) is 12.1. The molecule has 2 rings (SSSR count). The van der Waals surface area contributed by atoms with Crippen molar-refractivity contribution in [2.24, 2.45) is 0 Å². The third-order valence-corrected chi connectivity index (χ3v) is 2.98. The third-order valence-electron chi connectivity index (χ3n) is 2.64. The normalized spacial score (nSPS) is 12.6. The second-order valence-electron chi connectivity index (χ2n) is 3.73. The van der Waals surface area contributed by atoms with Gasteiger partial charge in [-0.05, 0) is 18.6 Å². The molecule has 1 N–H and O–H groups in total. The van der Waals surface area contributed by atoms with Crippen LogP contribution in [0.5, 0.6) is 0 Å². The lowest BCUT2D eigenvalue weighted by atomic mass is 10.1. The molecule has 1 heterocycles. The Kier molecular flexibility index (Phi) is 3.76. The van der Waals surface area contributed by atoms with E-state index < -0.39 is 6.10 Å². The Balaban J connectivity index is 2.17. The first-order valence-electron chi connectivity index (χ1n) is 5.51. The molecule has 90 valence electrons. The van der Waals surface area contributed by atoms with Crippen molar-refractivity contribution in [2.45, 2.75) is 26.0 Å². The van der Waals surface area contributed by atoms with Crippen LogP contribution in [-0.4, -0.2) is 19.9 Å². The van der Waals surface area contributed by atoms with E-state index in [9.17, 15) is 5.11 Å². The summed E-state index contributed by atoms with van der Waals surface area (Å²) < 4.78 is 1.76. The third kappa shape index (κ3) is 2.65. The SMILES string of the molecule is CCn1ncnc1CC(O)c1ccccc1Cl. The summed E-state index contributed by atoms with van der Waals surface area (Å²) in [5.74, 6) is 0.764. The van der Waals surface area contributed by atoms with E-state index >= 15 is 0 Å². The molecule has 2 aromatic rings. The standard InChI is InChI=1S/C12H14ClN3O/c1-2-16-12(14-8-15-16)7-11(17)9-5-3-4-6-10(9)13/h3-6,8,11,17H,2,7H2,1H3. The minimum absolute atomic E-state index is 0.414. The molecule has 1 aromatic carbocycles. The molecule has 4 nitrogen and oxygen atoms in total. The maximum atomic E-state index is 10.1. The van der Waals surface area contributed by atoms with Crippen molar-refractivity contribution >= 4 is 11.6 Å². The van der Waals surface area contributed by atoms with Crippen LogP contribution < -0.4 is 0 Å². The number of hydrogen-bond acceptors (Lipinski definition) is 3. The van der Waals surface area contributed by atoms with Gasteiger partial charge in [-0.3, -0.25) is 4.68 Å². The van der Waals surface area contributed by atoms with Gasteiger partial charge < -0.3 is 5.11 Å². The van der Waals surface area contributed by atoms with Gasteiger partial charge in [-0.1, -0.05) is 29.8 Å². The summed E-state index contributed by atoms with van der Waals surface area (Å²) in [5, 5.41) is 14.8. The lowest BCUT2D eigenvalue weighted by Crippen LogP contribution is -2.09.